The van der Waals surface area contributed by atoms with E-state index < -0.39 is 11.9 Å². The molecule has 0 rings (SSSR count). The predicted octanol–water partition coefficient (Wildman–Crippen LogP) is 2.93. The van der Waals surface area contributed by atoms with Crippen LogP contribution in [0.5, 0.6) is 0 Å². The van der Waals surface area contributed by atoms with Crippen LogP contribution >= 0.6 is 0 Å². The van der Waals surface area contributed by atoms with E-state index in [2.05, 4.69) is 6.92 Å². The van der Waals surface area contributed by atoms with Gasteiger partial charge in [-0.2, -0.15) is 6.54 Å². The Morgan fingerprint density at radius 1 is 0.667 bits per heavy atom. The van der Waals surface area contributed by atoms with E-state index in [0.717, 1.165) is 20.3 Å². The Hall–Kier alpha value is -0.100. The standard InChI is InChI=1S/C14H30N.2C2H4O2.Na/c1-2-3-4-5-6-7-8-9-10-11-12-13-14-15;2*1-2(3)4;/h15H,2-14H2,1H3;2*1H3,(H,3,4);/q-1;;;+1. The number of carboxylic acid groups (broad SMARTS) is 2. The molecule has 0 aliphatic carbocycles. The molecule has 5 nitrogen and oxygen atoms in total. The Kier molecular flexibility index (Phi) is 40.5. The van der Waals surface area contributed by atoms with E-state index in [1.165, 1.54) is 70.6 Å². The molecule has 0 spiro atoms. The first kappa shape index (κ1) is 31.6. The topological polar surface area (TPSA) is 98.4 Å². The van der Waals surface area contributed by atoms with Crippen LogP contribution < -0.4 is 29.6 Å². The van der Waals surface area contributed by atoms with Gasteiger partial charge in [0.15, 0.2) is 0 Å². The van der Waals surface area contributed by atoms with Gasteiger partial charge in [0.2, 0.25) is 0 Å². The van der Waals surface area contributed by atoms with Gasteiger partial charge in [0.25, 0.3) is 11.9 Å². The molecule has 0 aliphatic rings. The summed E-state index contributed by atoms with van der Waals surface area (Å²) in [7, 11) is 0. The molecule has 0 heterocycles. The number of unbranched alkanes of at least 4 members (excludes halogenated alkanes) is 11. The maximum atomic E-state index is 9.00. The molecular formula is C18H38NNaO4. The van der Waals surface area contributed by atoms with E-state index in [9.17, 15) is 0 Å². The van der Waals surface area contributed by atoms with Gasteiger partial charge in [0.1, 0.15) is 0 Å². The summed E-state index contributed by atoms with van der Waals surface area (Å²) in [4.78, 5) is 18.0. The molecular weight excluding hydrogens is 317 g/mol. The van der Waals surface area contributed by atoms with E-state index in [1.807, 2.05) is 0 Å². The predicted molar refractivity (Wildman–Crippen MR) is 96.9 cm³/mol. The van der Waals surface area contributed by atoms with Crippen molar-refractivity contribution in [3.8, 4) is 0 Å². The van der Waals surface area contributed by atoms with Crippen molar-refractivity contribution in [2.45, 2.75) is 97.8 Å². The Morgan fingerprint density at radius 3 is 1.08 bits per heavy atom. The number of aliphatic carboxylic acids is 2. The molecule has 6 heteroatoms. The first-order valence-electron chi connectivity index (χ1n) is 8.92. The monoisotopic (exact) mass is 355 g/mol. The summed E-state index contributed by atoms with van der Waals surface area (Å²) < 4.78 is 0. The van der Waals surface area contributed by atoms with Gasteiger partial charge in [-0.3, -0.25) is 9.59 Å². The molecule has 0 atom stereocenters. The average Bonchev–Trinajstić information content (AvgIpc) is 2.43. The van der Waals surface area contributed by atoms with Gasteiger partial charge in [-0.05, 0) is 0 Å². The number of carbonyl (C=O) groups is 2. The van der Waals surface area contributed by atoms with Crippen LogP contribution in [-0.2, 0) is 9.59 Å². The molecule has 0 aromatic carbocycles. The maximum absolute atomic E-state index is 9.00. The third-order valence-electron chi connectivity index (χ3n) is 3.03. The van der Waals surface area contributed by atoms with E-state index in [0.29, 0.717) is 6.54 Å². The molecule has 0 aliphatic heterocycles. The quantitative estimate of drug-likeness (QED) is 0.415. The molecule has 3 N–H and O–H groups in total. The van der Waals surface area contributed by atoms with Crippen molar-refractivity contribution >= 4 is 11.9 Å². The van der Waals surface area contributed by atoms with Crippen LogP contribution in [0.3, 0.4) is 0 Å². The second-order valence-electron chi connectivity index (χ2n) is 5.68. The summed E-state index contributed by atoms with van der Waals surface area (Å²) in [6.07, 6.45) is 16.6. The zero-order valence-corrected chi connectivity index (χ0v) is 18.4. The summed E-state index contributed by atoms with van der Waals surface area (Å²) in [5, 5.41) is 14.8. The molecule has 0 amide bonds. The number of carboxylic acids is 2. The van der Waals surface area contributed by atoms with Crippen molar-refractivity contribution in [1.82, 2.24) is 0 Å². The van der Waals surface area contributed by atoms with E-state index >= 15 is 0 Å². The normalized spacial score (nSPS) is 8.83. The molecule has 0 saturated heterocycles. The fourth-order valence-electron chi connectivity index (χ4n) is 1.97. The van der Waals surface area contributed by atoms with Gasteiger partial charge in [0.05, 0.1) is 0 Å². The number of hydrogen-bond donors (Lipinski definition) is 2. The molecule has 0 bridgehead atoms. The second-order valence-corrected chi connectivity index (χ2v) is 5.68. The fourth-order valence-corrected chi connectivity index (χ4v) is 1.97. The van der Waals surface area contributed by atoms with Crippen molar-refractivity contribution in [2.75, 3.05) is 6.54 Å². The van der Waals surface area contributed by atoms with Gasteiger partial charge in [0, 0.05) is 13.8 Å². The number of nitrogens with one attached hydrogen (secondary N) is 1. The minimum atomic E-state index is -0.833. The number of hydrogen-bond acceptors (Lipinski definition) is 2. The SMILES string of the molecule is CC(=O)O.CC(=O)O.CCCCCCCCCCCCCC[NH-].[Na+]. The summed E-state index contributed by atoms with van der Waals surface area (Å²) in [6.45, 7) is 5.06. The van der Waals surface area contributed by atoms with Crippen LogP contribution in [0.1, 0.15) is 97.8 Å². The van der Waals surface area contributed by atoms with Gasteiger partial charge < -0.3 is 15.9 Å². The molecule has 140 valence electrons. The second kappa shape index (κ2) is 30.7. The van der Waals surface area contributed by atoms with E-state index in [-0.39, 0.29) is 29.6 Å². The minimum Gasteiger partial charge on any atom is -0.677 e. The van der Waals surface area contributed by atoms with Gasteiger partial charge in [-0.25, -0.2) is 0 Å². The fraction of sp³-hybridized carbons (Fsp3) is 0.889. The first-order valence-corrected chi connectivity index (χ1v) is 8.92. The van der Waals surface area contributed by atoms with Crippen molar-refractivity contribution in [3.05, 3.63) is 5.73 Å². The Labute approximate surface area is 171 Å². The average molecular weight is 355 g/mol. The maximum Gasteiger partial charge on any atom is 1.00 e. The van der Waals surface area contributed by atoms with E-state index in [1.54, 1.807) is 0 Å². The summed E-state index contributed by atoms with van der Waals surface area (Å²) in [6, 6.07) is 0. The molecule has 24 heavy (non-hydrogen) atoms. The molecule has 0 radical (unpaired) electrons. The molecule has 0 aromatic heterocycles. The van der Waals surface area contributed by atoms with Crippen molar-refractivity contribution < 1.29 is 49.4 Å². The smallest absolute Gasteiger partial charge is 0.677 e. The zero-order valence-electron chi connectivity index (χ0n) is 16.4. The van der Waals surface area contributed by atoms with Crippen LogP contribution in [0.15, 0.2) is 0 Å². The molecule has 0 saturated carbocycles. The summed E-state index contributed by atoms with van der Waals surface area (Å²) in [5.74, 6) is -1.67. The molecule has 0 aromatic rings. The summed E-state index contributed by atoms with van der Waals surface area (Å²) >= 11 is 0. The van der Waals surface area contributed by atoms with Crippen LogP contribution in [0.4, 0.5) is 0 Å². The van der Waals surface area contributed by atoms with E-state index in [4.69, 9.17) is 25.5 Å². The molecule has 0 unspecified atom stereocenters. The number of rotatable bonds is 12. The Bertz CT molecular complexity index is 219. The summed E-state index contributed by atoms with van der Waals surface area (Å²) in [5.41, 5.74) is 7.03. The molecule has 0 fully saturated rings. The third-order valence-corrected chi connectivity index (χ3v) is 3.03. The van der Waals surface area contributed by atoms with Crippen molar-refractivity contribution in [3.63, 3.8) is 0 Å². The Balaban J connectivity index is -0.000000186. The largest absolute Gasteiger partial charge is 1.00 e. The van der Waals surface area contributed by atoms with Crippen LogP contribution in [-0.4, -0.2) is 28.7 Å². The van der Waals surface area contributed by atoms with Gasteiger partial charge in [-0.15, -0.1) is 0 Å². The van der Waals surface area contributed by atoms with Crippen LogP contribution in [0, 0.1) is 0 Å². The van der Waals surface area contributed by atoms with Crippen LogP contribution in [0.25, 0.3) is 5.73 Å². The van der Waals surface area contributed by atoms with Gasteiger partial charge >= 0.3 is 29.6 Å². The van der Waals surface area contributed by atoms with Crippen LogP contribution in [0.2, 0.25) is 0 Å². The first-order chi connectivity index (χ1) is 10.9. The van der Waals surface area contributed by atoms with Crippen molar-refractivity contribution in [2.24, 2.45) is 0 Å². The zero-order chi connectivity index (χ0) is 18.3. The van der Waals surface area contributed by atoms with Gasteiger partial charge in [-0.1, -0.05) is 84.0 Å². The Morgan fingerprint density at radius 2 is 0.875 bits per heavy atom. The third kappa shape index (κ3) is 67.6. The minimum absolute atomic E-state index is 0. The van der Waals surface area contributed by atoms with Crippen molar-refractivity contribution in [1.29, 1.82) is 0 Å².